The highest BCUT2D eigenvalue weighted by Gasteiger charge is 2.14. The number of aromatic carboxylic acids is 1. The Morgan fingerprint density at radius 1 is 1.41 bits per heavy atom. The molecule has 2 heterocycles. The molecule has 0 aromatic carbocycles. The Bertz CT molecular complexity index is 486. The second kappa shape index (κ2) is 4.78. The fourth-order valence-electron chi connectivity index (χ4n) is 1.55. The van der Waals surface area contributed by atoms with E-state index in [0.717, 1.165) is 5.76 Å². The van der Waals surface area contributed by atoms with Crippen molar-refractivity contribution in [3.63, 3.8) is 0 Å². The van der Waals surface area contributed by atoms with E-state index in [1.807, 2.05) is 24.0 Å². The van der Waals surface area contributed by atoms with E-state index in [2.05, 4.69) is 0 Å². The highest BCUT2D eigenvalue weighted by atomic mass is 16.4. The van der Waals surface area contributed by atoms with Crippen LogP contribution in [0.1, 0.15) is 23.2 Å². The molecule has 1 N–H and O–H groups in total. The lowest BCUT2D eigenvalue weighted by atomic mass is 10.4. The van der Waals surface area contributed by atoms with E-state index in [4.69, 9.17) is 13.9 Å². The zero-order valence-electron chi connectivity index (χ0n) is 9.42. The lowest BCUT2D eigenvalue weighted by Crippen LogP contribution is -2.21. The molecule has 2 aromatic heterocycles. The van der Waals surface area contributed by atoms with Crippen LogP contribution in [0.5, 0.6) is 0 Å². The van der Waals surface area contributed by atoms with Crippen molar-refractivity contribution in [1.29, 1.82) is 0 Å². The number of nitrogens with zero attached hydrogens (tertiary/aromatic N) is 1. The Kier molecular flexibility index (Phi) is 3.18. The van der Waals surface area contributed by atoms with Crippen LogP contribution in [0.4, 0.5) is 5.88 Å². The number of carbonyl (C=O) groups is 1. The number of furan rings is 2. The van der Waals surface area contributed by atoms with Gasteiger partial charge >= 0.3 is 5.97 Å². The number of carboxylic acid groups (broad SMARTS) is 1. The van der Waals surface area contributed by atoms with Crippen molar-refractivity contribution in [3.05, 3.63) is 42.0 Å². The number of anilines is 1. The second-order valence-corrected chi connectivity index (χ2v) is 3.54. The minimum atomic E-state index is -1.06. The molecule has 0 radical (unpaired) electrons. The van der Waals surface area contributed by atoms with Gasteiger partial charge in [-0.15, -0.1) is 0 Å². The zero-order valence-corrected chi connectivity index (χ0v) is 9.42. The quantitative estimate of drug-likeness (QED) is 0.862. The standard InChI is InChI=1S/C12H13NO4/c1-2-13(8-9-4-3-7-16-9)11-6-5-10(17-11)12(14)15/h3-7H,2,8H2,1H3,(H,14,15). The van der Waals surface area contributed by atoms with Gasteiger partial charge in [-0.1, -0.05) is 0 Å². The number of hydrogen-bond donors (Lipinski definition) is 1. The highest BCUT2D eigenvalue weighted by molar-refractivity contribution is 5.84. The molecular formula is C12H13NO4. The SMILES string of the molecule is CCN(Cc1ccco1)c1ccc(C(=O)O)o1. The second-order valence-electron chi connectivity index (χ2n) is 3.54. The first-order valence-electron chi connectivity index (χ1n) is 5.31. The summed E-state index contributed by atoms with van der Waals surface area (Å²) in [6, 6.07) is 6.77. The predicted molar refractivity (Wildman–Crippen MR) is 61.1 cm³/mol. The molecule has 0 saturated carbocycles. The van der Waals surface area contributed by atoms with Crippen molar-refractivity contribution in [2.75, 3.05) is 11.4 Å². The van der Waals surface area contributed by atoms with Gasteiger partial charge in [0.05, 0.1) is 12.8 Å². The third kappa shape index (κ3) is 2.50. The number of rotatable bonds is 5. The van der Waals surface area contributed by atoms with Crippen molar-refractivity contribution in [2.24, 2.45) is 0 Å². The third-order valence-corrected chi connectivity index (χ3v) is 2.42. The van der Waals surface area contributed by atoms with Crippen LogP contribution in [0.15, 0.2) is 39.4 Å². The molecule has 0 aliphatic rings. The molecule has 0 saturated heterocycles. The Morgan fingerprint density at radius 3 is 2.76 bits per heavy atom. The van der Waals surface area contributed by atoms with Gasteiger partial charge < -0.3 is 18.8 Å². The van der Waals surface area contributed by atoms with Crippen molar-refractivity contribution >= 4 is 11.9 Å². The van der Waals surface area contributed by atoms with Crippen LogP contribution in [0.3, 0.4) is 0 Å². The van der Waals surface area contributed by atoms with Crippen LogP contribution >= 0.6 is 0 Å². The molecule has 90 valence electrons. The minimum Gasteiger partial charge on any atom is -0.475 e. The Labute approximate surface area is 98.3 Å². The minimum absolute atomic E-state index is 0.0575. The van der Waals surface area contributed by atoms with Crippen LogP contribution in [-0.2, 0) is 6.54 Å². The molecule has 2 rings (SSSR count). The van der Waals surface area contributed by atoms with Crippen LogP contribution in [0.25, 0.3) is 0 Å². The number of hydrogen-bond acceptors (Lipinski definition) is 4. The molecule has 5 heteroatoms. The molecule has 17 heavy (non-hydrogen) atoms. The van der Waals surface area contributed by atoms with Gasteiger partial charge in [0.1, 0.15) is 5.76 Å². The molecule has 0 atom stereocenters. The van der Waals surface area contributed by atoms with E-state index in [1.54, 1.807) is 12.3 Å². The summed E-state index contributed by atoms with van der Waals surface area (Å²) in [6.45, 7) is 3.22. The van der Waals surface area contributed by atoms with Gasteiger partial charge in [-0.3, -0.25) is 0 Å². The molecule has 2 aromatic rings. The maximum atomic E-state index is 10.7. The third-order valence-electron chi connectivity index (χ3n) is 2.42. The van der Waals surface area contributed by atoms with Gasteiger partial charge in [0.15, 0.2) is 5.88 Å². The Hall–Kier alpha value is -2.17. The van der Waals surface area contributed by atoms with Crippen molar-refractivity contribution in [1.82, 2.24) is 0 Å². The van der Waals surface area contributed by atoms with Crippen molar-refractivity contribution < 1.29 is 18.7 Å². The smallest absolute Gasteiger partial charge is 0.371 e. The summed E-state index contributed by atoms with van der Waals surface area (Å²) in [7, 11) is 0. The van der Waals surface area contributed by atoms with Crippen LogP contribution in [0, 0.1) is 0 Å². The van der Waals surface area contributed by atoms with Gasteiger partial charge in [0.25, 0.3) is 0 Å². The molecule has 0 amide bonds. The predicted octanol–water partition coefficient (Wildman–Crippen LogP) is 2.60. The molecule has 5 nitrogen and oxygen atoms in total. The monoisotopic (exact) mass is 235 g/mol. The lowest BCUT2D eigenvalue weighted by molar-refractivity contribution is 0.0663. The summed E-state index contributed by atoms with van der Waals surface area (Å²) in [6.07, 6.45) is 1.61. The largest absolute Gasteiger partial charge is 0.475 e. The molecule has 0 aliphatic heterocycles. The lowest BCUT2D eigenvalue weighted by Gasteiger charge is -2.18. The first-order valence-corrected chi connectivity index (χ1v) is 5.31. The summed E-state index contributed by atoms with van der Waals surface area (Å²) >= 11 is 0. The van der Waals surface area contributed by atoms with Gasteiger partial charge in [0.2, 0.25) is 5.76 Å². The first-order chi connectivity index (χ1) is 8.20. The van der Waals surface area contributed by atoms with E-state index in [1.165, 1.54) is 6.07 Å². The molecule has 0 spiro atoms. The topological polar surface area (TPSA) is 66.8 Å². The average molecular weight is 235 g/mol. The first kappa shape index (κ1) is 11.3. The Morgan fingerprint density at radius 2 is 2.24 bits per heavy atom. The van der Waals surface area contributed by atoms with Crippen LogP contribution in [-0.4, -0.2) is 17.6 Å². The fourth-order valence-corrected chi connectivity index (χ4v) is 1.55. The van der Waals surface area contributed by atoms with Crippen LogP contribution < -0.4 is 4.90 Å². The van der Waals surface area contributed by atoms with Crippen LogP contribution in [0.2, 0.25) is 0 Å². The molecule has 0 unspecified atom stereocenters. The van der Waals surface area contributed by atoms with E-state index >= 15 is 0 Å². The summed E-state index contributed by atoms with van der Waals surface area (Å²) in [5.41, 5.74) is 0. The van der Waals surface area contributed by atoms with E-state index in [0.29, 0.717) is 19.0 Å². The van der Waals surface area contributed by atoms with E-state index < -0.39 is 5.97 Å². The maximum Gasteiger partial charge on any atom is 0.371 e. The highest BCUT2D eigenvalue weighted by Crippen LogP contribution is 2.20. The number of carboxylic acids is 1. The normalized spacial score (nSPS) is 10.4. The molecule has 0 bridgehead atoms. The summed E-state index contributed by atoms with van der Waals surface area (Å²) in [4.78, 5) is 12.6. The molecular weight excluding hydrogens is 222 g/mol. The Balaban J connectivity index is 2.14. The fraction of sp³-hybridized carbons (Fsp3) is 0.250. The van der Waals surface area contributed by atoms with Crippen molar-refractivity contribution in [3.8, 4) is 0 Å². The van der Waals surface area contributed by atoms with Gasteiger partial charge in [-0.05, 0) is 25.1 Å². The van der Waals surface area contributed by atoms with E-state index in [-0.39, 0.29) is 5.76 Å². The molecule has 0 fully saturated rings. The van der Waals surface area contributed by atoms with Gasteiger partial charge in [-0.25, -0.2) is 4.79 Å². The summed E-state index contributed by atoms with van der Waals surface area (Å²) in [5, 5.41) is 8.78. The average Bonchev–Trinajstić information content (AvgIpc) is 2.96. The summed E-state index contributed by atoms with van der Waals surface area (Å²) < 4.78 is 10.5. The zero-order chi connectivity index (χ0) is 12.3. The maximum absolute atomic E-state index is 10.7. The molecule has 0 aliphatic carbocycles. The summed E-state index contributed by atoms with van der Waals surface area (Å²) in [5.74, 6) is 0.213. The van der Waals surface area contributed by atoms with Gasteiger partial charge in [-0.2, -0.15) is 0 Å². The van der Waals surface area contributed by atoms with E-state index in [9.17, 15) is 4.79 Å². The van der Waals surface area contributed by atoms with Crippen molar-refractivity contribution in [2.45, 2.75) is 13.5 Å². The van der Waals surface area contributed by atoms with Gasteiger partial charge in [0, 0.05) is 12.6 Å².